The molecule has 0 atom stereocenters. The van der Waals surface area contributed by atoms with Crippen LogP contribution in [0.1, 0.15) is 59.8 Å². The molecule has 4 heterocycles. The van der Waals surface area contributed by atoms with E-state index in [2.05, 4.69) is 80.0 Å². The number of hydrogen-bond donors (Lipinski definition) is 4. The molecule has 0 radical (unpaired) electrons. The maximum absolute atomic E-state index is 11.6. The lowest BCUT2D eigenvalue weighted by molar-refractivity contribution is 0.256. The van der Waals surface area contributed by atoms with E-state index >= 15 is 0 Å². The molecule has 4 aromatic rings. The molecule has 2 fully saturated rings. The number of sulfonamides is 2. The van der Waals surface area contributed by atoms with E-state index in [4.69, 9.17) is 0 Å². The molecule has 10 nitrogen and oxygen atoms in total. The lowest BCUT2D eigenvalue weighted by Gasteiger charge is -2.28. The first-order valence-corrected chi connectivity index (χ1v) is 19.7. The van der Waals surface area contributed by atoms with Crippen LogP contribution in [0.5, 0.6) is 0 Å². The minimum absolute atomic E-state index is 0. The minimum atomic E-state index is -3.16. The van der Waals surface area contributed by atoms with Gasteiger partial charge in [-0.05, 0) is 151 Å². The molecule has 0 aliphatic carbocycles. The number of nitrogens with one attached hydrogen (secondary N) is 4. The molecule has 6 rings (SSSR count). The number of likely N-dealkylation sites (tertiary alicyclic amines) is 2. The van der Waals surface area contributed by atoms with Gasteiger partial charge in [-0.2, -0.15) is 0 Å². The van der Waals surface area contributed by atoms with Crippen LogP contribution in [0.3, 0.4) is 0 Å². The second-order valence-corrected chi connectivity index (χ2v) is 17.0. The summed E-state index contributed by atoms with van der Waals surface area (Å²) in [6.45, 7) is 4.55. The van der Waals surface area contributed by atoms with E-state index in [0.29, 0.717) is 24.7 Å². The zero-order chi connectivity index (χ0) is 32.9. The van der Waals surface area contributed by atoms with Crippen molar-refractivity contribution in [1.29, 1.82) is 0 Å². The third kappa shape index (κ3) is 9.81. The van der Waals surface area contributed by atoms with Gasteiger partial charge >= 0.3 is 0 Å². The second kappa shape index (κ2) is 16.3. The van der Waals surface area contributed by atoms with Gasteiger partial charge in [-0.3, -0.25) is 0 Å². The molecular formula is C34H51ClN6O4S2. The number of fused-ring (bicyclic) bond motifs is 2. The summed E-state index contributed by atoms with van der Waals surface area (Å²) in [5.74, 6) is 1.44. The lowest BCUT2D eigenvalue weighted by Crippen LogP contribution is -2.29. The number of H-pyrrole nitrogens is 2. The molecule has 0 saturated carbocycles. The summed E-state index contributed by atoms with van der Waals surface area (Å²) >= 11 is 0. The number of aromatic nitrogens is 2. The molecule has 4 N–H and O–H groups in total. The van der Waals surface area contributed by atoms with E-state index < -0.39 is 20.0 Å². The zero-order valence-corrected chi connectivity index (χ0v) is 30.5. The smallest absolute Gasteiger partial charge is 0.211 e. The van der Waals surface area contributed by atoms with Crippen LogP contribution in [0.2, 0.25) is 0 Å². The van der Waals surface area contributed by atoms with Crippen molar-refractivity contribution in [3.05, 3.63) is 71.0 Å². The second-order valence-electron chi connectivity index (χ2n) is 12.9. The van der Waals surface area contributed by atoms with E-state index in [1.165, 1.54) is 61.7 Å². The molecule has 0 amide bonds. The maximum atomic E-state index is 11.6. The van der Waals surface area contributed by atoms with Gasteiger partial charge in [-0.25, -0.2) is 26.3 Å². The number of nitrogens with zero attached hydrogens (tertiary/aromatic N) is 2. The number of aromatic amines is 2. The predicted octanol–water partition coefficient (Wildman–Crippen LogP) is 4.56. The van der Waals surface area contributed by atoms with Crippen molar-refractivity contribution in [2.24, 2.45) is 0 Å². The molecular weight excluding hydrogens is 656 g/mol. The van der Waals surface area contributed by atoms with Gasteiger partial charge in [-0.1, -0.05) is 12.1 Å². The monoisotopic (exact) mass is 706 g/mol. The number of aryl methyl sites for hydroxylation is 2. The summed E-state index contributed by atoms with van der Waals surface area (Å²) < 4.78 is 51.2. The van der Waals surface area contributed by atoms with Crippen LogP contribution in [-0.2, 0) is 32.9 Å². The van der Waals surface area contributed by atoms with Gasteiger partial charge in [0.05, 0.1) is 11.5 Å². The normalized spacial score (nSPS) is 17.4. The summed E-state index contributed by atoms with van der Waals surface area (Å²) in [6.07, 6.45) is 10.1. The summed E-state index contributed by atoms with van der Waals surface area (Å²) in [7, 11) is 0.952. The van der Waals surface area contributed by atoms with Gasteiger partial charge in [0, 0.05) is 34.2 Å². The number of rotatable bonds is 10. The topological polar surface area (TPSA) is 130 Å². The fraction of sp³-hybridized carbons (Fsp3) is 0.529. The molecule has 13 heteroatoms. The first kappa shape index (κ1) is 37.4. The standard InChI is InChI=1S/2C17H25N3O2S.ClH/c2*1-18-23(21,22)10-7-13-3-4-17-15(11-13)16(12-19-17)14-5-8-20(2)9-6-14;/h2*3-4,11-12,14,18-19H,5-10H2,1-2H3;1H. The number of benzene rings is 2. The van der Waals surface area contributed by atoms with Crippen LogP contribution in [0.4, 0.5) is 0 Å². The van der Waals surface area contributed by atoms with Crippen molar-refractivity contribution in [2.75, 3.05) is 65.9 Å². The quantitative estimate of drug-likeness (QED) is 0.191. The van der Waals surface area contributed by atoms with Gasteiger partial charge in [0.15, 0.2) is 0 Å². The Morgan fingerprint density at radius 1 is 0.660 bits per heavy atom. The summed E-state index contributed by atoms with van der Waals surface area (Å²) in [5, 5.41) is 2.50. The molecule has 2 aromatic heterocycles. The van der Waals surface area contributed by atoms with Gasteiger partial charge in [0.1, 0.15) is 0 Å². The Kier molecular flexibility index (Phi) is 13.0. The average molecular weight is 707 g/mol. The summed E-state index contributed by atoms with van der Waals surface area (Å²) in [4.78, 5) is 11.5. The van der Waals surface area contributed by atoms with Gasteiger partial charge in [-0.15, -0.1) is 12.4 Å². The molecule has 260 valence electrons. The molecule has 2 aliphatic heterocycles. The van der Waals surface area contributed by atoms with Crippen LogP contribution in [0.25, 0.3) is 21.8 Å². The molecule has 0 unspecified atom stereocenters. The highest BCUT2D eigenvalue weighted by atomic mass is 35.5. The summed E-state index contributed by atoms with van der Waals surface area (Å²) in [6, 6.07) is 12.5. The Hall–Kier alpha value is -2.45. The van der Waals surface area contributed by atoms with Gasteiger partial charge in [0.2, 0.25) is 20.0 Å². The van der Waals surface area contributed by atoms with E-state index in [-0.39, 0.29) is 23.9 Å². The largest absolute Gasteiger partial charge is 0.361 e. The Morgan fingerprint density at radius 3 is 1.36 bits per heavy atom. The first-order chi connectivity index (χ1) is 22.0. The molecule has 2 aliphatic rings. The van der Waals surface area contributed by atoms with Crippen LogP contribution in [-0.4, -0.2) is 102 Å². The first-order valence-electron chi connectivity index (χ1n) is 16.4. The zero-order valence-electron chi connectivity index (χ0n) is 28.0. The molecule has 47 heavy (non-hydrogen) atoms. The van der Waals surface area contributed by atoms with Crippen molar-refractivity contribution < 1.29 is 16.8 Å². The van der Waals surface area contributed by atoms with E-state index in [1.54, 1.807) is 0 Å². The highest BCUT2D eigenvalue weighted by Crippen LogP contribution is 2.34. The third-order valence-electron chi connectivity index (χ3n) is 9.81. The Morgan fingerprint density at radius 2 is 1.02 bits per heavy atom. The molecule has 2 aromatic carbocycles. The van der Waals surface area contributed by atoms with Crippen LogP contribution in [0, 0.1) is 0 Å². The van der Waals surface area contributed by atoms with Crippen LogP contribution < -0.4 is 9.44 Å². The molecule has 0 spiro atoms. The van der Waals surface area contributed by atoms with Crippen molar-refractivity contribution in [1.82, 2.24) is 29.2 Å². The van der Waals surface area contributed by atoms with E-state index in [0.717, 1.165) is 48.3 Å². The lowest BCUT2D eigenvalue weighted by atomic mass is 9.89. The summed E-state index contributed by atoms with van der Waals surface area (Å²) in [5.41, 5.74) is 7.19. The minimum Gasteiger partial charge on any atom is -0.361 e. The highest BCUT2D eigenvalue weighted by Gasteiger charge is 2.22. The van der Waals surface area contributed by atoms with Gasteiger partial charge < -0.3 is 19.8 Å². The van der Waals surface area contributed by atoms with Gasteiger partial charge in [0.25, 0.3) is 0 Å². The molecule has 0 bridgehead atoms. The third-order valence-corrected chi connectivity index (χ3v) is 12.5. The Labute approximate surface area is 286 Å². The fourth-order valence-corrected chi connectivity index (χ4v) is 8.13. The van der Waals surface area contributed by atoms with Crippen molar-refractivity contribution >= 4 is 54.3 Å². The number of halogens is 1. The Bertz CT molecular complexity index is 1690. The van der Waals surface area contributed by atoms with E-state index in [9.17, 15) is 16.8 Å². The van der Waals surface area contributed by atoms with Crippen LogP contribution in [0.15, 0.2) is 48.8 Å². The van der Waals surface area contributed by atoms with Crippen molar-refractivity contribution in [3.63, 3.8) is 0 Å². The number of piperidine rings is 2. The SMILES string of the molecule is CNS(=O)(=O)CCc1ccc2[nH]cc(C3CCN(C)CC3)c2c1.CNS(=O)(=O)CCc1ccc2[nH]cc(C3CCN(C)CC3)c2c1.Cl. The predicted molar refractivity (Wildman–Crippen MR) is 196 cm³/mol. The fourth-order valence-electron chi connectivity index (χ4n) is 6.71. The Balaban J connectivity index is 0.000000208. The van der Waals surface area contributed by atoms with Crippen molar-refractivity contribution in [3.8, 4) is 0 Å². The maximum Gasteiger partial charge on any atom is 0.211 e. The highest BCUT2D eigenvalue weighted by molar-refractivity contribution is 7.89. The molecule has 2 saturated heterocycles. The van der Waals surface area contributed by atoms with E-state index in [1.807, 2.05) is 12.1 Å². The van der Waals surface area contributed by atoms with Crippen LogP contribution >= 0.6 is 12.4 Å². The number of hydrogen-bond acceptors (Lipinski definition) is 6. The van der Waals surface area contributed by atoms with Crippen molar-refractivity contribution in [2.45, 2.75) is 50.4 Å². The average Bonchev–Trinajstić information content (AvgIpc) is 3.68.